The van der Waals surface area contributed by atoms with Crippen molar-refractivity contribution in [3.8, 4) is 0 Å². The molecule has 1 aromatic carbocycles. The predicted octanol–water partition coefficient (Wildman–Crippen LogP) is 2.84. The normalized spacial score (nSPS) is 13.6. The van der Waals surface area contributed by atoms with E-state index in [-0.39, 0.29) is 5.91 Å². The fraction of sp³-hybridized carbons (Fsp3) is 0.316. The highest BCUT2D eigenvalue weighted by Gasteiger charge is 2.12. The number of aromatic nitrogens is 1. The van der Waals surface area contributed by atoms with Gasteiger partial charge in [0.15, 0.2) is 0 Å². The third kappa shape index (κ3) is 5.90. The number of carbonyl (C=O) groups is 1. The van der Waals surface area contributed by atoms with Gasteiger partial charge in [0.2, 0.25) is 11.9 Å². The van der Waals surface area contributed by atoms with Crippen LogP contribution in [0.4, 0.5) is 11.4 Å². The molecule has 0 unspecified atom stereocenters. The Morgan fingerprint density at radius 1 is 1.33 bits per heavy atom. The van der Waals surface area contributed by atoms with Crippen LogP contribution in [0.2, 0.25) is 0 Å². The minimum absolute atomic E-state index is 0.0242. The Morgan fingerprint density at radius 2 is 2.19 bits per heavy atom. The van der Waals surface area contributed by atoms with Crippen LogP contribution in [0.3, 0.4) is 0 Å². The SMILES string of the molecule is CN(C)CCCC(=O)Nc1cccc(NC2=NCC=C(c3nccs3)N2)c1. The van der Waals surface area contributed by atoms with E-state index in [1.807, 2.05) is 49.8 Å². The Hall–Kier alpha value is -2.71. The molecule has 0 atom stereocenters. The second-order valence-corrected chi connectivity index (χ2v) is 7.32. The average molecular weight is 385 g/mol. The molecule has 1 aromatic heterocycles. The summed E-state index contributed by atoms with van der Waals surface area (Å²) in [4.78, 5) is 22.9. The van der Waals surface area contributed by atoms with Crippen molar-refractivity contribution in [3.63, 3.8) is 0 Å². The van der Waals surface area contributed by atoms with E-state index in [9.17, 15) is 4.79 Å². The first-order valence-corrected chi connectivity index (χ1v) is 9.71. The molecular formula is C19H24N6OS. The van der Waals surface area contributed by atoms with Crippen molar-refractivity contribution in [1.82, 2.24) is 15.2 Å². The number of benzene rings is 1. The van der Waals surface area contributed by atoms with Crippen LogP contribution in [0, 0.1) is 0 Å². The number of rotatable bonds is 7. The van der Waals surface area contributed by atoms with Gasteiger partial charge in [0.05, 0.1) is 12.2 Å². The summed E-state index contributed by atoms with van der Waals surface area (Å²) in [6.07, 6.45) is 5.13. The zero-order chi connectivity index (χ0) is 19.1. The van der Waals surface area contributed by atoms with Gasteiger partial charge in [-0.1, -0.05) is 6.07 Å². The van der Waals surface area contributed by atoms with Crippen molar-refractivity contribution >= 4 is 40.3 Å². The van der Waals surface area contributed by atoms with Gasteiger partial charge in [0.1, 0.15) is 5.01 Å². The van der Waals surface area contributed by atoms with E-state index in [0.29, 0.717) is 18.9 Å². The quantitative estimate of drug-likeness (QED) is 0.684. The zero-order valence-electron chi connectivity index (χ0n) is 15.5. The number of amides is 1. The second kappa shape index (κ2) is 9.29. The molecule has 0 saturated heterocycles. The third-order valence-corrected chi connectivity index (χ3v) is 4.69. The number of carbonyl (C=O) groups excluding carboxylic acids is 1. The maximum absolute atomic E-state index is 12.1. The number of hydrogen-bond donors (Lipinski definition) is 3. The molecule has 3 N–H and O–H groups in total. The van der Waals surface area contributed by atoms with E-state index >= 15 is 0 Å². The molecule has 0 aliphatic carbocycles. The van der Waals surface area contributed by atoms with E-state index < -0.39 is 0 Å². The van der Waals surface area contributed by atoms with Gasteiger partial charge in [-0.15, -0.1) is 11.3 Å². The summed E-state index contributed by atoms with van der Waals surface area (Å²) in [6.45, 7) is 1.49. The van der Waals surface area contributed by atoms with Gasteiger partial charge in [-0.25, -0.2) is 9.98 Å². The molecule has 0 bridgehead atoms. The summed E-state index contributed by atoms with van der Waals surface area (Å²) in [7, 11) is 4.01. The van der Waals surface area contributed by atoms with Gasteiger partial charge in [-0.3, -0.25) is 4.79 Å². The number of nitrogens with one attached hydrogen (secondary N) is 3. The average Bonchev–Trinajstić information content (AvgIpc) is 3.16. The van der Waals surface area contributed by atoms with Crippen molar-refractivity contribution in [3.05, 3.63) is 46.9 Å². The van der Waals surface area contributed by atoms with Gasteiger partial charge in [-0.2, -0.15) is 0 Å². The number of thiazole rings is 1. The van der Waals surface area contributed by atoms with Crippen LogP contribution in [0.15, 0.2) is 46.9 Å². The molecule has 0 saturated carbocycles. The summed E-state index contributed by atoms with van der Waals surface area (Å²) in [5.74, 6) is 0.688. The molecule has 2 heterocycles. The standard InChI is InChI=1S/C19H24N6OS/c1-25(2)11-4-7-17(26)22-14-5-3-6-15(13-14)23-19-21-9-8-16(24-19)18-20-10-12-27-18/h3,5-6,8,10,12-13H,4,7,9,11H2,1-2H3,(H,22,26)(H2,21,23,24). The Kier molecular flexibility index (Phi) is 6.56. The van der Waals surface area contributed by atoms with Crippen LogP contribution >= 0.6 is 11.3 Å². The summed E-state index contributed by atoms with van der Waals surface area (Å²) < 4.78 is 0. The number of hydrogen-bond acceptors (Lipinski definition) is 7. The van der Waals surface area contributed by atoms with Gasteiger partial charge >= 0.3 is 0 Å². The van der Waals surface area contributed by atoms with E-state index in [1.54, 1.807) is 17.5 Å². The fourth-order valence-electron chi connectivity index (χ4n) is 2.61. The summed E-state index contributed by atoms with van der Waals surface area (Å²) in [6, 6.07) is 7.62. The largest absolute Gasteiger partial charge is 0.326 e. The minimum atomic E-state index is 0.0242. The van der Waals surface area contributed by atoms with Gasteiger partial charge in [0, 0.05) is 29.4 Å². The lowest BCUT2D eigenvalue weighted by Crippen LogP contribution is -2.32. The van der Waals surface area contributed by atoms with Crippen molar-refractivity contribution < 1.29 is 4.79 Å². The zero-order valence-corrected chi connectivity index (χ0v) is 16.3. The third-order valence-electron chi connectivity index (χ3n) is 3.88. The number of nitrogens with zero attached hydrogens (tertiary/aromatic N) is 3. The van der Waals surface area contributed by atoms with Crippen LogP contribution in [-0.4, -0.2) is 48.9 Å². The van der Waals surface area contributed by atoms with E-state index in [1.165, 1.54) is 0 Å². The molecule has 8 heteroatoms. The maximum Gasteiger partial charge on any atom is 0.224 e. The van der Waals surface area contributed by atoms with Crippen molar-refractivity contribution in [1.29, 1.82) is 0 Å². The van der Waals surface area contributed by atoms with Crippen molar-refractivity contribution in [2.24, 2.45) is 4.99 Å². The first-order chi connectivity index (χ1) is 13.1. The first kappa shape index (κ1) is 19.1. The minimum Gasteiger partial charge on any atom is -0.326 e. The van der Waals surface area contributed by atoms with Gasteiger partial charge in [-0.05, 0) is 51.3 Å². The van der Waals surface area contributed by atoms with Crippen molar-refractivity contribution in [2.75, 3.05) is 37.8 Å². The van der Waals surface area contributed by atoms with Crippen molar-refractivity contribution in [2.45, 2.75) is 12.8 Å². The van der Waals surface area contributed by atoms with Crippen LogP contribution < -0.4 is 16.0 Å². The molecule has 1 amide bonds. The molecule has 27 heavy (non-hydrogen) atoms. The monoisotopic (exact) mass is 384 g/mol. The van der Waals surface area contributed by atoms with Crippen LogP contribution in [0.5, 0.6) is 0 Å². The highest BCUT2D eigenvalue weighted by Crippen LogP contribution is 2.19. The predicted molar refractivity (Wildman–Crippen MR) is 112 cm³/mol. The van der Waals surface area contributed by atoms with Gasteiger partial charge < -0.3 is 20.9 Å². The van der Waals surface area contributed by atoms with E-state index in [2.05, 4.69) is 30.8 Å². The molecule has 0 fully saturated rings. The number of aliphatic imine (C=N–C) groups is 1. The molecule has 1 aliphatic heterocycles. The summed E-state index contributed by atoms with van der Waals surface area (Å²) >= 11 is 1.58. The second-order valence-electron chi connectivity index (χ2n) is 6.43. The number of guanidine groups is 1. The molecular weight excluding hydrogens is 360 g/mol. The lowest BCUT2D eigenvalue weighted by molar-refractivity contribution is -0.116. The lowest BCUT2D eigenvalue weighted by Gasteiger charge is -2.17. The lowest BCUT2D eigenvalue weighted by atomic mass is 10.2. The van der Waals surface area contributed by atoms with E-state index in [4.69, 9.17) is 0 Å². The van der Waals surface area contributed by atoms with Gasteiger partial charge in [0.25, 0.3) is 0 Å². The topological polar surface area (TPSA) is 81.7 Å². The molecule has 2 aromatic rings. The maximum atomic E-state index is 12.1. The first-order valence-electron chi connectivity index (χ1n) is 8.83. The molecule has 0 spiro atoms. The molecule has 142 valence electrons. The van der Waals surface area contributed by atoms with Crippen LogP contribution in [-0.2, 0) is 4.79 Å². The van der Waals surface area contributed by atoms with Crippen LogP contribution in [0.25, 0.3) is 5.70 Å². The fourth-order valence-corrected chi connectivity index (χ4v) is 3.24. The molecule has 0 radical (unpaired) electrons. The Labute approximate surface area is 163 Å². The Balaban J connectivity index is 1.55. The highest BCUT2D eigenvalue weighted by molar-refractivity contribution is 7.10. The van der Waals surface area contributed by atoms with E-state index in [0.717, 1.165) is 35.0 Å². The summed E-state index contributed by atoms with van der Waals surface area (Å²) in [5, 5.41) is 12.3. The highest BCUT2D eigenvalue weighted by atomic mass is 32.1. The molecule has 7 nitrogen and oxygen atoms in total. The Morgan fingerprint density at radius 3 is 2.96 bits per heavy atom. The molecule has 3 rings (SSSR count). The van der Waals surface area contributed by atoms with Crippen LogP contribution in [0.1, 0.15) is 17.8 Å². The molecule has 1 aliphatic rings. The summed E-state index contributed by atoms with van der Waals surface area (Å²) in [5.41, 5.74) is 2.57. The Bertz CT molecular complexity index is 828. The number of anilines is 2. The smallest absolute Gasteiger partial charge is 0.224 e.